The van der Waals surface area contributed by atoms with Gasteiger partial charge < -0.3 is 14.7 Å². The smallest absolute Gasteiger partial charge is 0.387 e. The number of ether oxygens (including phenoxy) is 1. The number of aromatic nitrogens is 4. The van der Waals surface area contributed by atoms with E-state index in [1.165, 1.54) is 10.7 Å². The number of rotatable bonds is 7. The summed E-state index contributed by atoms with van der Waals surface area (Å²) in [4.78, 5) is 21.2. The Labute approximate surface area is 163 Å². The molecule has 2 heterocycles. The fourth-order valence-electron chi connectivity index (χ4n) is 3.11. The minimum Gasteiger partial charge on any atom is -0.432 e. The van der Waals surface area contributed by atoms with Crippen molar-refractivity contribution in [1.29, 1.82) is 0 Å². The van der Waals surface area contributed by atoms with E-state index in [0.717, 1.165) is 12.1 Å². The fraction of sp³-hybridized carbons (Fsp3) is 0.389. The largest absolute Gasteiger partial charge is 0.432 e. The Kier molecular flexibility index (Phi) is 5.78. The van der Waals surface area contributed by atoms with Crippen LogP contribution in [0, 0.1) is 5.82 Å². The Hall–Kier alpha value is -3.08. The summed E-state index contributed by atoms with van der Waals surface area (Å²) in [6, 6.07) is 3.08. The van der Waals surface area contributed by atoms with Crippen molar-refractivity contribution in [2.24, 2.45) is 0 Å². The lowest BCUT2D eigenvalue weighted by Gasteiger charge is -2.18. The van der Waals surface area contributed by atoms with Gasteiger partial charge in [-0.25, -0.2) is 9.07 Å². The van der Waals surface area contributed by atoms with E-state index in [0.29, 0.717) is 12.0 Å². The third-order valence-corrected chi connectivity index (χ3v) is 4.43. The highest BCUT2D eigenvalue weighted by Crippen LogP contribution is 2.30. The van der Waals surface area contributed by atoms with Crippen molar-refractivity contribution in [3.05, 3.63) is 45.6 Å². The van der Waals surface area contributed by atoms with Crippen LogP contribution in [0.2, 0.25) is 0 Å². The van der Waals surface area contributed by atoms with Gasteiger partial charge in [-0.05, 0) is 24.1 Å². The maximum absolute atomic E-state index is 14.2. The molecule has 0 aliphatic heterocycles. The van der Waals surface area contributed by atoms with Gasteiger partial charge in [0.15, 0.2) is 17.2 Å². The van der Waals surface area contributed by atoms with Crippen molar-refractivity contribution in [2.45, 2.75) is 32.6 Å². The van der Waals surface area contributed by atoms with E-state index in [9.17, 15) is 23.1 Å². The van der Waals surface area contributed by atoms with Gasteiger partial charge >= 0.3 is 6.61 Å². The van der Waals surface area contributed by atoms with Crippen LogP contribution in [-0.4, -0.2) is 45.6 Å². The first-order valence-corrected chi connectivity index (χ1v) is 8.80. The number of anilines is 1. The van der Waals surface area contributed by atoms with Gasteiger partial charge in [0.1, 0.15) is 11.1 Å². The summed E-state index contributed by atoms with van der Waals surface area (Å²) in [6.07, 6.45) is 0.432. The van der Waals surface area contributed by atoms with E-state index in [4.69, 9.17) is 0 Å². The van der Waals surface area contributed by atoms with Crippen LogP contribution in [0.5, 0.6) is 5.75 Å². The standard InChI is InChI=1S/C18H20F3N5O3/c1-4-12(9-5-6-13(10(19)7-9)29-17(20)21)26-15-14(11(8-27)24-26)16(28)23-18(22-15)25(2)3/h5-7,12,17,27H,4,8H2,1-3H3,(H,22,23,28)/t12-/m0/s1. The zero-order valence-electron chi connectivity index (χ0n) is 16.0. The molecule has 2 N–H and O–H groups in total. The second-order valence-electron chi connectivity index (χ2n) is 6.52. The summed E-state index contributed by atoms with van der Waals surface area (Å²) in [5, 5.41) is 14.1. The number of nitrogens with one attached hydrogen (secondary N) is 1. The molecular weight excluding hydrogens is 391 g/mol. The normalized spacial score (nSPS) is 12.6. The molecule has 0 spiro atoms. The molecule has 0 radical (unpaired) electrons. The van der Waals surface area contributed by atoms with E-state index in [2.05, 4.69) is 19.8 Å². The van der Waals surface area contributed by atoms with Crippen molar-refractivity contribution in [1.82, 2.24) is 19.7 Å². The maximum Gasteiger partial charge on any atom is 0.387 e. The number of aliphatic hydroxyl groups is 1. The molecule has 0 aliphatic carbocycles. The molecule has 0 amide bonds. The number of aliphatic hydroxyl groups excluding tert-OH is 1. The highest BCUT2D eigenvalue weighted by atomic mass is 19.3. The van der Waals surface area contributed by atoms with E-state index >= 15 is 0 Å². The number of halogens is 3. The lowest BCUT2D eigenvalue weighted by Crippen LogP contribution is -2.20. The van der Waals surface area contributed by atoms with Gasteiger partial charge in [0.2, 0.25) is 5.95 Å². The molecule has 156 valence electrons. The van der Waals surface area contributed by atoms with Crippen LogP contribution in [0.15, 0.2) is 23.0 Å². The highest BCUT2D eigenvalue weighted by molar-refractivity contribution is 5.78. The van der Waals surface area contributed by atoms with Gasteiger partial charge in [-0.15, -0.1) is 0 Å². The molecule has 3 aromatic rings. The number of benzene rings is 1. The highest BCUT2D eigenvalue weighted by Gasteiger charge is 2.23. The molecule has 1 aromatic carbocycles. The Bertz CT molecular complexity index is 1080. The average molecular weight is 411 g/mol. The molecule has 11 heteroatoms. The summed E-state index contributed by atoms with van der Waals surface area (Å²) in [5.74, 6) is -1.22. The minimum atomic E-state index is -3.14. The van der Waals surface area contributed by atoms with Crippen LogP contribution in [0.1, 0.15) is 30.6 Å². The number of aromatic amines is 1. The number of nitrogens with zero attached hydrogens (tertiary/aromatic N) is 4. The van der Waals surface area contributed by atoms with Crippen molar-refractivity contribution in [3.63, 3.8) is 0 Å². The zero-order chi connectivity index (χ0) is 21.3. The number of hydrogen-bond donors (Lipinski definition) is 2. The molecular formula is C18H20F3N5O3. The molecule has 0 saturated carbocycles. The molecule has 8 nitrogen and oxygen atoms in total. The van der Waals surface area contributed by atoms with Crippen LogP contribution < -0.4 is 15.2 Å². The minimum absolute atomic E-state index is 0.134. The molecule has 0 aliphatic rings. The van der Waals surface area contributed by atoms with E-state index in [1.807, 2.05) is 6.92 Å². The van der Waals surface area contributed by atoms with Gasteiger partial charge in [-0.1, -0.05) is 13.0 Å². The second kappa shape index (κ2) is 8.11. The quantitative estimate of drug-likeness (QED) is 0.620. The molecule has 1 atom stereocenters. The molecule has 2 aromatic heterocycles. The SMILES string of the molecule is CC[C@@H](c1ccc(OC(F)F)c(F)c1)n1nc(CO)c2c(=O)[nH]c(N(C)C)nc21. The topological polar surface area (TPSA) is 96.3 Å². The van der Waals surface area contributed by atoms with E-state index in [1.54, 1.807) is 19.0 Å². The molecule has 29 heavy (non-hydrogen) atoms. The van der Waals surface area contributed by atoms with Crippen LogP contribution in [0.3, 0.4) is 0 Å². The first kappa shape index (κ1) is 20.6. The number of H-pyrrole nitrogens is 1. The fourth-order valence-corrected chi connectivity index (χ4v) is 3.11. The number of fused-ring (bicyclic) bond motifs is 1. The zero-order valence-corrected chi connectivity index (χ0v) is 16.0. The van der Waals surface area contributed by atoms with Crippen LogP contribution in [0.4, 0.5) is 19.1 Å². The summed E-state index contributed by atoms with van der Waals surface area (Å²) in [7, 11) is 3.40. The molecule has 0 fully saturated rings. The Morgan fingerprint density at radius 1 is 1.34 bits per heavy atom. The van der Waals surface area contributed by atoms with Crippen molar-refractivity contribution in [2.75, 3.05) is 19.0 Å². The molecule has 0 bridgehead atoms. The molecule has 3 rings (SSSR count). The summed E-state index contributed by atoms with van der Waals surface area (Å²) < 4.78 is 44.6. The Balaban J connectivity index is 2.17. The monoisotopic (exact) mass is 411 g/mol. The third kappa shape index (κ3) is 3.90. The summed E-state index contributed by atoms with van der Waals surface area (Å²) in [5.41, 5.74) is 0.321. The Morgan fingerprint density at radius 3 is 2.62 bits per heavy atom. The van der Waals surface area contributed by atoms with Gasteiger partial charge in [0, 0.05) is 14.1 Å². The van der Waals surface area contributed by atoms with Gasteiger partial charge in [0.25, 0.3) is 5.56 Å². The predicted molar refractivity (Wildman–Crippen MR) is 99.9 cm³/mol. The van der Waals surface area contributed by atoms with E-state index < -0.39 is 36.4 Å². The van der Waals surface area contributed by atoms with Crippen LogP contribution in [-0.2, 0) is 6.61 Å². The van der Waals surface area contributed by atoms with Crippen LogP contribution in [0.25, 0.3) is 11.0 Å². The van der Waals surface area contributed by atoms with E-state index in [-0.39, 0.29) is 22.7 Å². The van der Waals surface area contributed by atoms with Crippen molar-refractivity contribution in [3.8, 4) is 5.75 Å². The van der Waals surface area contributed by atoms with Crippen LogP contribution >= 0.6 is 0 Å². The lowest BCUT2D eigenvalue weighted by atomic mass is 10.0. The lowest BCUT2D eigenvalue weighted by molar-refractivity contribution is -0.0522. The summed E-state index contributed by atoms with van der Waals surface area (Å²) >= 11 is 0. The van der Waals surface area contributed by atoms with Gasteiger partial charge in [-0.2, -0.15) is 18.9 Å². The maximum atomic E-state index is 14.2. The third-order valence-electron chi connectivity index (χ3n) is 4.43. The Morgan fingerprint density at radius 2 is 2.07 bits per heavy atom. The first-order chi connectivity index (χ1) is 13.8. The molecule has 0 saturated heterocycles. The first-order valence-electron chi connectivity index (χ1n) is 8.80. The predicted octanol–water partition coefficient (Wildman–Crippen LogP) is 2.42. The van der Waals surface area contributed by atoms with Gasteiger partial charge in [-0.3, -0.25) is 9.78 Å². The number of alkyl halides is 2. The van der Waals surface area contributed by atoms with Gasteiger partial charge in [0.05, 0.1) is 12.6 Å². The van der Waals surface area contributed by atoms with Crippen molar-refractivity contribution < 1.29 is 23.0 Å². The van der Waals surface area contributed by atoms with Crippen molar-refractivity contribution >= 4 is 17.0 Å². The molecule has 0 unspecified atom stereocenters. The second-order valence-corrected chi connectivity index (χ2v) is 6.52. The summed E-state index contributed by atoms with van der Waals surface area (Å²) in [6.45, 7) is -1.81. The average Bonchev–Trinajstić information content (AvgIpc) is 3.03. The number of hydrogen-bond acceptors (Lipinski definition) is 6.